The molecule has 28 heavy (non-hydrogen) atoms. The maximum atomic E-state index is 12.3. The van der Waals surface area contributed by atoms with Gasteiger partial charge in [0.25, 0.3) is 0 Å². The molecule has 2 aromatic carbocycles. The summed E-state index contributed by atoms with van der Waals surface area (Å²) in [5.74, 6) is 1.64. The van der Waals surface area contributed by atoms with Crippen LogP contribution in [0.25, 0.3) is 11.3 Å². The molecule has 2 heterocycles. The lowest BCUT2D eigenvalue weighted by Gasteiger charge is -2.15. The minimum Gasteiger partial charge on any atom is -0.454 e. The van der Waals surface area contributed by atoms with Crippen molar-refractivity contribution in [1.29, 1.82) is 0 Å². The number of hydrogen-bond donors (Lipinski definition) is 1. The van der Waals surface area contributed by atoms with Crippen molar-refractivity contribution >= 4 is 11.8 Å². The predicted molar refractivity (Wildman–Crippen MR) is 104 cm³/mol. The molecule has 0 fully saturated rings. The van der Waals surface area contributed by atoms with Gasteiger partial charge in [0.2, 0.25) is 18.6 Å². The van der Waals surface area contributed by atoms with Gasteiger partial charge in [-0.15, -0.1) is 0 Å². The highest BCUT2D eigenvalue weighted by Crippen LogP contribution is 2.32. The minimum atomic E-state index is -0.171. The summed E-state index contributed by atoms with van der Waals surface area (Å²) < 4.78 is 15.9. The standard InChI is InChI=1S/C21H21N3O4/c1-14-3-6-16(7-4-14)17-10-21(28-23-17)22-20(25)12-24(2)11-15-5-8-18-19(9-15)27-13-26-18/h3-10H,11-13H2,1-2H3,(H,22,25). The lowest BCUT2D eigenvalue weighted by Crippen LogP contribution is -2.29. The number of fused-ring (bicyclic) bond motifs is 1. The molecule has 3 aromatic rings. The van der Waals surface area contributed by atoms with Crippen LogP contribution in [0.15, 0.2) is 53.1 Å². The second-order valence-electron chi connectivity index (χ2n) is 6.85. The van der Waals surface area contributed by atoms with Gasteiger partial charge < -0.3 is 14.0 Å². The SMILES string of the molecule is Cc1ccc(-c2cc(NC(=O)CN(C)Cc3ccc4c(c3)OCO4)on2)cc1. The summed E-state index contributed by atoms with van der Waals surface area (Å²) in [6.07, 6.45) is 0. The van der Waals surface area contributed by atoms with Gasteiger partial charge in [0.1, 0.15) is 5.69 Å². The summed E-state index contributed by atoms with van der Waals surface area (Å²) in [4.78, 5) is 14.2. The third-order valence-corrected chi connectivity index (χ3v) is 4.42. The van der Waals surface area contributed by atoms with Crippen LogP contribution in [0.5, 0.6) is 11.5 Å². The van der Waals surface area contributed by atoms with Gasteiger partial charge in [0.15, 0.2) is 11.5 Å². The van der Waals surface area contributed by atoms with Crippen LogP contribution in [0.2, 0.25) is 0 Å². The van der Waals surface area contributed by atoms with Crippen LogP contribution in [0.1, 0.15) is 11.1 Å². The Hall–Kier alpha value is -3.32. The number of rotatable bonds is 6. The van der Waals surface area contributed by atoms with Crippen LogP contribution in [-0.2, 0) is 11.3 Å². The molecule has 1 aromatic heterocycles. The second-order valence-corrected chi connectivity index (χ2v) is 6.85. The number of anilines is 1. The van der Waals surface area contributed by atoms with Crippen LogP contribution < -0.4 is 14.8 Å². The van der Waals surface area contributed by atoms with E-state index in [9.17, 15) is 4.79 Å². The highest BCUT2D eigenvalue weighted by Gasteiger charge is 2.15. The van der Waals surface area contributed by atoms with Gasteiger partial charge >= 0.3 is 0 Å². The van der Waals surface area contributed by atoms with Crippen LogP contribution >= 0.6 is 0 Å². The average Bonchev–Trinajstić information content (AvgIpc) is 3.31. The number of carbonyl (C=O) groups excluding carboxylic acids is 1. The van der Waals surface area contributed by atoms with Crippen LogP contribution in [-0.4, -0.2) is 36.3 Å². The van der Waals surface area contributed by atoms with Gasteiger partial charge in [-0.2, -0.15) is 0 Å². The van der Waals surface area contributed by atoms with E-state index in [1.165, 1.54) is 5.56 Å². The quantitative estimate of drug-likeness (QED) is 0.707. The molecule has 1 N–H and O–H groups in total. The average molecular weight is 379 g/mol. The van der Waals surface area contributed by atoms with Crippen molar-refractivity contribution in [3.8, 4) is 22.8 Å². The predicted octanol–water partition coefficient (Wildman–Crippen LogP) is 3.45. The summed E-state index contributed by atoms with van der Waals surface area (Å²) in [6.45, 7) is 3.10. The van der Waals surface area contributed by atoms with Crippen molar-refractivity contribution in [2.24, 2.45) is 0 Å². The number of nitrogens with zero attached hydrogens (tertiary/aromatic N) is 2. The summed E-state index contributed by atoms with van der Waals surface area (Å²) in [5, 5.41) is 6.77. The first-order chi connectivity index (χ1) is 13.6. The summed E-state index contributed by atoms with van der Waals surface area (Å²) >= 11 is 0. The van der Waals surface area contributed by atoms with Gasteiger partial charge in [0, 0.05) is 18.2 Å². The topological polar surface area (TPSA) is 76.8 Å². The fraction of sp³-hybridized carbons (Fsp3) is 0.238. The maximum absolute atomic E-state index is 12.3. The third-order valence-electron chi connectivity index (χ3n) is 4.42. The zero-order valence-corrected chi connectivity index (χ0v) is 15.8. The van der Waals surface area contributed by atoms with Crippen molar-refractivity contribution in [3.63, 3.8) is 0 Å². The lowest BCUT2D eigenvalue weighted by atomic mass is 10.1. The van der Waals surface area contributed by atoms with Gasteiger partial charge in [-0.25, -0.2) is 0 Å². The molecule has 0 atom stereocenters. The molecule has 1 aliphatic heterocycles. The Bertz CT molecular complexity index is 982. The Kier molecular flexibility index (Phi) is 4.99. The molecule has 0 aliphatic carbocycles. The number of likely N-dealkylation sites (N-methyl/N-ethyl adjacent to an activating group) is 1. The molecule has 0 unspecified atom stereocenters. The normalized spacial score (nSPS) is 12.4. The van der Waals surface area contributed by atoms with Crippen molar-refractivity contribution in [2.45, 2.75) is 13.5 Å². The van der Waals surface area contributed by atoms with Crippen LogP contribution in [0, 0.1) is 6.92 Å². The molecular weight excluding hydrogens is 358 g/mol. The largest absolute Gasteiger partial charge is 0.454 e. The monoisotopic (exact) mass is 379 g/mol. The first-order valence-corrected chi connectivity index (χ1v) is 8.97. The molecule has 0 saturated carbocycles. The van der Waals surface area contributed by atoms with Gasteiger partial charge in [0.05, 0.1) is 6.54 Å². The molecule has 0 spiro atoms. The Morgan fingerprint density at radius 2 is 1.89 bits per heavy atom. The van der Waals surface area contributed by atoms with Crippen molar-refractivity contribution in [3.05, 3.63) is 59.7 Å². The molecule has 144 valence electrons. The van der Waals surface area contributed by atoms with E-state index in [1.807, 2.05) is 61.3 Å². The minimum absolute atomic E-state index is 0.171. The van der Waals surface area contributed by atoms with E-state index >= 15 is 0 Å². The molecule has 7 nitrogen and oxygen atoms in total. The first-order valence-electron chi connectivity index (χ1n) is 8.97. The summed E-state index contributed by atoms with van der Waals surface area (Å²) in [7, 11) is 1.88. The maximum Gasteiger partial charge on any atom is 0.240 e. The number of carbonyl (C=O) groups is 1. The van der Waals surface area contributed by atoms with E-state index in [1.54, 1.807) is 6.07 Å². The molecular formula is C21H21N3O4. The third kappa shape index (κ3) is 4.15. The highest BCUT2D eigenvalue weighted by atomic mass is 16.7. The molecule has 4 rings (SSSR count). The van der Waals surface area contributed by atoms with Crippen LogP contribution in [0.3, 0.4) is 0 Å². The highest BCUT2D eigenvalue weighted by molar-refractivity contribution is 5.91. The van der Waals surface area contributed by atoms with E-state index in [0.29, 0.717) is 18.1 Å². The number of benzene rings is 2. The summed E-state index contributed by atoms with van der Waals surface area (Å²) in [5.41, 5.74) is 3.84. The Morgan fingerprint density at radius 3 is 2.71 bits per heavy atom. The number of amides is 1. The summed E-state index contributed by atoms with van der Waals surface area (Å²) in [6, 6.07) is 15.5. The molecule has 0 radical (unpaired) electrons. The van der Waals surface area contributed by atoms with Crippen LogP contribution in [0.4, 0.5) is 5.88 Å². The van der Waals surface area contributed by atoms with E-state index in [4.69, 9.17) is 14.0 Å². The van der Waals surface area contributed by atoms with Gasteiger partial charge in [-0.1, -0.05) is 41.1 Å². The Labute approximate surface area is 162 Å². The van der Waals surface area contributed by atoms with E-state index in [2.05, 4.69) is 10.5 Å². The zero-order valence-electron chi connectivity index (χ0n) is 15.8. The smallest absolute Gasteiger partial charge is 0.240 e. The van der Waals surface area contributed by atoms with Crippen molar-refractivity contribution in [1.82, 2.24) is 10.1 Å². The van der Waals surface area contributed by atoms with Crippen molar-refractivity contribution in [2.75, 3.05) is 25.7 Å². The number of aromatic nitrogens is 1. The Morgan fingerprint density at radius 1 is 1.11 bits per heavy atom. The molecule has 1 amide bonds. The fourth-order valence-electron chi connectivity index (χ4n) is 3.02. The van der Waals surface area contributed by atoms with Gasteiger partial charge in [-0.05, 0) is 31.7 Å². The molecule has 7 heteroatoms. The second kappa shape index (κ2) is 7.74. The zero-order chi connectivity index (χ0) is 19.5. The first kappa shape index (κ1) is 18.1. The van der Waals surface area contributed by atoms with E-state index in [0.717, 1.165) is 22.6 Å². The molecule has 0 bridgehead atoms. The number of hydrogen-bond acceptors (Lipinski definition) is 6. The fourth-order valence-corrected chi connectivity index (χ4v) is 3.02. The number of aryl methyl sites for hydroxylation is 1. The van der Waals surface area contributed by atoms with E-state index < -0.39 is 0 Å². The lowest BCUT2D eigenvalue weighted by molar-refractivity contribution is -0.117. The molecule has 0 saturated heterocycles. The number of ether oxygens (including phenoxy) is 2. The van der Waals surface area contributed by atoms with Crippen molar-refractivity contribution < 1.29 is 18.8 Å². The van der Waals surface area contributed by atoms with Gasteiger partial charge in [-0.3, -0.25) is 15.0 Å². The number of nitrogens with one attached hydrogen (secondary N) is 1. The van der Waals surface area contributed by atoms with E-state index in [-0.39, 0.29) is 19.2 Å². The molecule has 1 aliphatic rings. The Balaban J connectivity index is 1.32.